The molecule has 3 aromatic rings. The molecule has 34 heavy (non-hydrogen) atoms. The van der Waals surface area contributed by atoms with Crippen molar-refractivity contribution in [1.29, 1.82) is 0 Å². The number of halogens is 2. The minimum absolute atomic E-state index is 0.000703. The Hall–Kier alpha value is -2.88. The predicted molar refractivity (Wildman–Crippen MR) is 129 cm³/mol. The van der Waals surface area contributed by atoms with Crippen LogP contribution in [0.1, 0.15) is 12.0 Å². The van der Waals surface area contributed by atoms with Gasteiger partial charge in [-0.1, -0.05) is 42.5 Å². The second kappa shape index (κ2) is 10.6. The van der Waals surface area contributed by atoms with E-state index in [1.807, 2.05) is 47.4 Å². The van der Waals surface area contributed by atoms with Gasteiger partial charge in [0, 0.05) is 25.7 Å². The quantitative estimate of drug-likeness (QED) is 0.553. The predicted octanol–water partition coefficient (Wildman–Crippen LogP) is 3.64. The van der Waals surface area contributed by atoms with Gasteiger partial charge in [-0.2, -0.15) is 0 Å². The van der Waals surface area contributed by atoms with Crippen LogP contribution in [0.2, 0.25) is 0 Å². The van der Waals surface area contributed by atoms with Crippen molar-refractivity contribution in [3.05, 3.63) is 77.9 Å². The van der Waals surface area contributed by atoms with Crippen molar-refractivity contribution in [3.8, 4) is 0 Å². The molecule has 180 valence electrons. The average Bonchev–Trinajstić information content (AvgIpc) is 3.06. The Bertz CT molecular complexity index is 1280. The maximum Gasteiger partial charge on any atom is 0.238 e. The van der Waals surface area contributed by atoms with E-state index in [1.165, 1.54) is 10.4 Å². The van der Waals surface area contributed by atoms with Gasteiger partial charge in [0.2, 0.25) is 15.9 Å². The summed E-state index contributed by atoms with van der Waals surface area (Å²) in [4.78, 5) is 14.2. The molecule has 4 rings (SSSR count). The van der Waals surface area contributed by atoms with Crippen LogP contribution in [-0.2, 0) is 21.2 Å². The zero-order valence-electron chi connectivity index (χ0n) is 18.7. The number of rotatable bonds is 7. The fraction of sp³-hybridized carbons (Fsp3) is 0.320. The highest BCUT2D eigenvalue weighted by atomic mass is 32.2. The highest BCUT2D eigenvalue weighted by molar-refractivity contribution is 7.89. The lowest BCUT2D eigenvalue weighted by atomic mass is 10.0. The second-order valence-corrected chi connectivity index (χ2v) is 10.5. The SMILES string of the molecule is O=C(CN1CCCN(S(=O)(=O)CCc2cccc3ccccc23)CC1)Nc1ccc(F)cc1F. The first-order valence-electron chi connectivity index (χ1n) is 11.2. The third-order valence-corrected chi connectivity index (χ3v) is 7.89. The van der Waals surface area contributed by atoms with E-state index in [0.29, 0.717) is 38.5 Å². The molecule has 1 aliphatic heterocycles. The van der Waals surface area contributed by atoms with E-state index < -0.39 is 27.6 Å². The molecule has 3 aromatic carbocycles. The van der Waals surface area contributed by atoms with Crippen LogP contribution in [-0.4, -0.2) is 62.0 Å². The van der Waals surface area contributed by atoms with E-state index >= 15 is 0 Å². The molecule has 0 radical (unpaired) electrons. The summed E-state index contributed by atoms with van der Waals surface area (Å²) in [6, 6.07) is 16.8. The van der Waals surface area contributed by atoms with Gasteiger partial charge < -0.3 is 5.32 Å². The third-order valence-electron chi connectivity index (χ3n) is 6.02. The summed E-state index contributed by atoms with van der Waals surface area (Å²) < 4.78 is 54.4. The minimum Gasteiger partial charge on any atom is -0.322 e. The van der Waals surface area contributed by atoms with Crippen molar-refractivity contribution in [3.63, 3.8) is 0 Å². The maximum absolute atomic E-state index is 13.8. The molecule has 1 amide bonds. The number of fused-ring (bicyclic) bond motifs is 1. The highest BCUT2D eigenvalue weighted by Crippen LogP contribution is 2.20. The number of anilines is 1. The van der Waals surface area contributed by atoms with Gasteiger partial charge in [0.1, 0.15) is 11.6 Å². The first kappa shape index (κ1) is 24.3. The number of carbonyl (C=O) groups is 1. The topological polar surface area (TPSA) is 69.7 Å². The summed E-state index contributed by atoms with van der Waals surface area (Å²) in [6.07, 6.45) is 1.02. The van der Waals surface area contributed by atoms with Crippen LogP contribution in [0, 0.1) is 11.6 Å². The van der Waals surface area contributed by atoms with Crippen LogP contribution in [0.4, 0.5) is 14.5 Å². The molecular formula is C25H27F2N3O3S. The summed E-state index contributed by atoms with van der Waals surface area (Å²) in [5.41, 5.74) is 0.918. The summed E-state index contributed by atoms with van der Waals surface area (Å²) in [5, 5.41) is 4.59. The number of benzene rings is 3. The van der Waals surface area contributed by atoms with E-state index in [9.17, 15) is 22.0 Å². The lowest BCUT2D eigenvalue weighted by Crippen LogP contribution is -2.39. The Labute approximate surface area is 198 Å². The average molecular weight is 488 g/mol. The molecule has 0 spiro atoms. The molecule has 1 N–H and O–H groups in total. The van der Waals surface area contributed by atoms with Crippen molar-refractivity contribution >= 4 is 32.4 Å². The summed E-state index contributed by atoms with van der Waals surface area (Å²) in [6.45, 7) is 1.63. The fourth-order valence-electron chi connectivity index (χ4n) is 4.25. The number of amides is 1. The smallest absolute Gasteiger partial charge is 0.238 e. The Morgan fingerprint density at radius 1 is 0.941 bits per heavy atom. The lowest BCUT2D eigenvalue weighted by molar-refractivity contribution is -0.117. The van der Waals surface area contributed by atoms with E-state index in [1.54, 1.807) is 0 Å². The Balaban J connectivity index is 1.32. The molecule has 0 unspecified atom stereocenters. The van der Waals surface area contributed by atoms with Gasteiger partial charge >= 0.3 is 0 Å². The summed E-state index contributed by atoms with van der Waals surface area (Å²) in [7, 11) is -3.46. The molecule has 0 aromatic heterocycles. The lowest BCUT2D eigenvalue weighted by Gasteiger charge is -2.21. The number of hydrogen-bond acceptors (Lipinski definition) is 4. The number of carbonyl (C=O) groups excluding carboxylic acids is 1. The van der Waals surface area contributed by atoms with E-state index in [4.69, 9.17) is 0 Å². The molecule has 1 saturated heterocycles. The Morgan fingerprint density at radius 3 is 2.56 bits per heavy atom. The third kappa shape index (κ3) is 5.97. The standard InChI is InChI=1S/C25H27F2N3O3S/c26-21-9-10-24(23(27)17-21)28-25(31)18-29-12-4-13-30(15-14-29)34(32,33)16-11-20-7-3-6-19-5-1-2-8-22(19)20/h1-3,5-10,17H,4,11-16,18H2,(H,28,31). The van der Waals surface area contributed by atoms with E-state index in [2.05, 4.69) is 5.32 Å². The summed E-state index contributed by atoms with van der Waals surface area (Å²) >= 11 is 0. The van der Waals surface area contributed by atoms with Crippen molar-refractivity contribution in [2.45, 2.75) is 12.8 Å². The first-order valence-corrected chi connectivity index (χ1v) is 12.8. The van der Waals surface area contributed by atoms with Gasteiger partial charge in [0.25, 0.3) is 0 Å². The number of aryl methyl sites for hydroxylation is 1. The molecule has 6 nitrogen and oxygen atoms in total. The molecule has 0 atom stereocenters. The summed E-state index contributed by atoms with van der Waals surface area (Å²) in [5.74, 6) is -1.97. The number of hydrogen-bond donors (Lipinski definition) is 1. The van der Waals surface area contributed by atoms with Gasteiger partial charge in [-0.3, -0.25) is 9.69 Å². The largest absolute Gasteiger partial charge is 0.322 e. The van der Waals surface area contributed by atoms with Crippen LogP contribution < -0.4 is 5.32 Å². The monoisotopic (exact) mass is 487 g/mol. The molecule has 1 fully saturated rings. The minimum atomic E-state index is -3.46. The fourth-order valence-corrected chi connectivity index (χ4v) is 5.75. The van der Waals surface area contributed by atoms with Gasteiger partial charge in [0.15, 0.2) is 0 Å². The molecular weight excluding hydrogens is 460 g/mol. The van der Waals surface area contributed by atoms with Crippen molar-refractivity contribution in [2.75, 3.05) is 43.8 Å². The molecule has 0 aliphatic carbocycles. The normalized spacial score (nSPS) is 15.8. The first-order chi connectivity index (χ1) is 16.3. The zero-order chi connectivity index (χ0) is 24.1. The van der Waals surface area contributed by atoms with Crippen molar-refractivity contribution in [1.82, 2.24) is 9.21 Å². The van der Waals surface area contributed by atoms with E-state index in [0.717, 1.165) is 22.4 Å². The molecule has 0 bridgehead atoms. The Morgan fingerprint density at radius 2 is 1.74 bits per heavy atom. The number of sulfonamides is 1. The molecule has 1 heterocycles. The van der Waals surface area contributed by atoms with Gasteiger partial charge in [0.05, 0.1) is 18.0 Å². The number of nitrogens with zero attached hydrogens (tertiary/aromatic N) is 2. The number of nitrogens with one attached hydrogen (secondary N) is 1. The van der Waals surface area contributed by atoms with Crippen LogP contribution in [0.5, 0.6) is 0 Å². The van der Waals surface area contributed by atoms with E-state index in [-0.39, 0.29) is 24.5 Å². The molecule has 1 aliphatic rings. The van der Waals surface area contributed by atoms with Crippen LogP contribution in [0.3, 0.4) is 0 Å². The Kier molecular flexibility index (Phi) is 7.55. The van der Waals surface area contributed by atoms with Crippen LogP contribution in [0.15, 0.2) is 60.7 Å². The van der Waals surface area contributed by atoms with Crippen LogP contribution >= 0.6 is 0 Å². The highest BCUT2D eigenvalue weighted by Gasteiger charge is 2.26. The molecule has 0 saturated carbocycles. The second-order valence-electron chi connectivity index (χ2n) is 8.41. The van der Waals surface area contributed by atoms with Gasteiger partial charge in [-0.05, 0) is 47.9 Å². The molecule has 9 heteroatoms. The van der Waals surface area contributed by atoms with Gasteiger partial charge in [-0.15, -0.1) is 0 Å². The van der Waals surface area contributed by atoms with Crippen molar-refractivity contribution < 1.29 is 22.0 Å². The van der Waals surface area contributed by atoms with Crippen molar-refractivity contribution in [2.24, 2.45) is 0 Å². The zero-order valence-corrected chi connectivity index (χ0v) is 19.5. The van der Waals surface area contributed by atoms with Gasteiger partial charge in [-0.25, -0.2) is 21.5 Å². The maximum atomic E-state index is 13.8. The van der Waals surface area contributed by atoms with Crippen LogP contribution in [0.25, 0.3) is 10.8 Å².